The normalized spacial score (nSPS) is 27.3. The number of carbonyl (C=O) groups is 7. The number of ether oxygens (including phenoxy) is 3. The van der Waals surface area contributed by atoms with E-state index in [1.807, 2.05) is 4.98 Å². The van der Waals surface area contributed by atoms with E-state index in [4.69, 9.17) is 29.6 Å². The summed E-state index contributed by atoms with van der Waals surface area (Å²) in [4.78, 5) is 132. The molecule has 0 bridgehead atoms. The first-order valence-electron chi connectivity index (χ1n) is 20.7. The summed E-state index contributed by atoms with van der Waals surface area (Å²) in [5.74, 6) is -8.57. The lowest BCUT2D eigenvalue weighted by Gasteiger charge is -2.44. The van der Waals surface area contributed by atoms with Crippen molar-refractivity contribution in [3.63, 3.8) is 0 Å². The second kappa shape index (κ2) is 25.9. The van der Waals surface area contributed by atoms with Gasteiger partial charge in [-0.2, -0.15) is 4.31 Å². The molecule has 1 aromatic heterocycles. The first-order valence-corrected chi connectivity index (χ1v) is 23.7. The molecule has 16 N–H and O–H groups in total. The van der Waals surface area contributed by atoms with Gasteiger partial charge in [-0.25, -0.2) is 23.5 Å². The van der Waals surface area contributed by atoms with E-state index in [9.17, 15) is 92.7 Å². The minimum atomic E-state index is -5.94. The Labute approximate surface area is 393 Å². The van der Waals surface area contributed by atoms with Gasteiger partial charge in [-0.1, -0.05) is 0 Å². The lowest BCUT2D eigenvalue weighted by molar-refractivity contribution is -0.261. The number of hydrogen-bond acceptors (Lipinski definition) is 22. The van der Waals surface area contributed by atoms with Crippen LogP contribution >= 0.6 is 15.6 Å². The zero-order chi connectivity index (χ0) is 53.0. The summed E-state index contributed by atoms with van der Waals surface area (Å²) in [7, 11) is -11.7. The number of aliphatic carboxylic acids is 3. The molecule has 4 amide bonds. The number of aromatic nitrogens is 2. The molecule has 3 rings (SSSR count). The van der Waals surface area contributed by atoms with Gasteiger partial charge in [0, 0.05) is 25.6 Å². The van der Waals surface area contributed by atoms with Crippen molar-refractivity contribution in [3.05, 3.63) is 33.1 Å². The number of amides is 4. The molecule has 0 aliphatic carbocycles. The summed E-state index contributed by atoms with van der Waals surface area (Å²) in [5.41, 5.74) is 3.51. The van der Waals surface area contributed by atoms with Crippen LogP contribution in [0, 0.1) is 0 Å². The molecule has 16 atom stereocenters. The van der Waals surface area contributed by atoms with E-state index in [1.54, 1.807) is 0 Å². The number of aliphatic hydroxyl groups is 4. The molecule has 2 aliphatic heterocycles. The molecule has 2 saturated heterocycles. The van der Waals surface area contributed by atoms with E-state index >= 15 is 0 Å². The average Bonchev–Trinajstić information content (AvgIpc) is 3.53. The molecule has 396 valence electrons. The van der Waals surface area contributed by atoms with Crippen molar-refractivity contribution in [1.29, 1.82) is 0 Å². The van der Waals surface area contributed by atoms with Crippen molar-refractivity contribution in [2.45, 2.75) is 138 Å². The Morgan fingerprint density at radius 1 is 0.843 bits per heavy atom. The van der Waals surface area contributed by atoms with Gasteiger partial charge in [-0.05, 0) is 39.5 Å². The number of phosphoric acid groups is 2. The molecular weight excluding hydrogens is 996 g/mol. The number of carboxylic acid groups (broad SMARTS) is 3. The molecule has 2 fully saturated rings. The standard InChI is InChI=1S/C35H55N7O26P2/c1-13(28(50)40-18(33(56)57)7-8-21(45)39-17(32(54)55)6-4-5-16(36)31(52)53)37-29(51)14(2)64-27-23(38-15(3)44)34(66-19(11-43)25(27)48)67-70(61,62)68-69(59,60)63-12-20-24(47)26(49)30(65-20)42-10-9-22(46)41-35(42)58/h9-10,13-14,16-20,23-27,30,34,43,47-49H,4-8,11-12,36H2,1-3H3,(H,37,51)(H,38,44)(H,39,45)(H,40,50)(H,52,53)(H,54,55)(H,56,57)(H,59,60)(H,61,62)(H,41,46,58)/t13-,14-,16-,17+,18?,19-,20-,23-,24-,25-,26-,27-,30-,34-/m1/s1. The molecule has 0 radical (unpaired) electrons. The first-order chi connectivity index (χ1) is 32.5. The van der Waals surface area contributed by atoms with Crippen LogP contribution in [0.4, 0.5) is 0 Å². The van der Waals surface area contributed by atoms with Crippen molar-refractivity contribution in [2.24, 2.45) is 5.73 Å². The highest BCUT2D eigenvalue weighted by atomic mass is 31.3. The zero-order valence-electron chi connectivity index (χ0n) is 37.1. The highest BCUT2D eigenvalue weighted by molar-refractivity contribution is 7.61. The largest absolute Gasteiger partial charge is 0.483 e. The molecule has 1 aromatic rings. The van der Waals surface area contributed by atoms with Crippen LogP contribution in [-0.2, 0) is 70.3 Å². The van der Waals surface area contributed by atoms with Crippen LogP contribution in [0.2, 0.25) is 0 Å². The SMILES string of the molecule is CC(=O)N[C@H]1[C@@H](OP(=O)(O)OP(=O)(O)OC[C@H]2O[C@@H](n3ccc(=O)[nH]c3=O)[C@H](O)[C@@H]2O)O[C@H](CO)[C@@H](O)[C@@H]1O[C@H](C)C(=O)N[C@H](C)C(=O)NC(CCC(=O)N[C@@H](CCC[C@@H](N)C(=O)O)C(=O)O)C(=O)O. The van der Waals surface area contributed by atoms with Crippen LogP contribution in [0.1, 0.15) is 59.1 Å². The summed E-state index contributed by atoms with van der Waals surface area (Å²) in [6.45, 7) is 0.794. The number of aromatic amines is 1. The van der Waals surface area contributed by atoms with E-state index in [2.05, 4.69) is 30.1 Å². The summed E-state index contributed by atoms with van der Waals surface area (Å²) in [5, 5.41) is 78.4. The molecular formula is C35H55N7O26P2. The Hall–Kier alpha value is -5.09. The summed E-state index contributed by atoms with van der Waals surface area (Å²) >= 11 is 0. The molecule has 0 spiro atoms. The average molecular weight is 1050 g/mol. The van der Waals surface area contributed by atoms with E-state index in [1.165, 1.54) is 0 Å². The van der Waals surface area contributed by atoms with E-state index in [-0.39, 0.29) is 19.3 Å². The Morgan fingerprint density at radius 3 is 2.04 bits per heavy atom. The molecule has 3 unspecified atom stereocenters. The molecule has 0 aromatic carbocycles. The van der Waals surface area contributed by atoms with Crippen LogP contribution < -0.4 is 38.2 Å². The van der Waals surface area contributed by atoms with Crippen LogP contribution in [0.3, 0.4) is 0 Å². The van der Waals surface area contributed by atoms with Gasteiger partial charge in [-0.3, -0.25) is 47.4 Å². The lowest BCUT2D eigenvalue weighted by atomic mass is 9.96. The molecule has 33 nitrogen and oxygen atoms in total. The maximum atomic E-state index is 13.2. The molecule has 70 heavy (non-hydrogen) atoms. The van der Waals surface area contributed by atoms with E-state index in [0.717, 1.165) is 33.0 Å². The number of aliphatic hydroxyl groups excluding tert-OH is 4. The summed E-state index contributed by atoms with van der Waals surface area (Å²) < 4.78 is 56.8. The van der Waals surface area contributed by atoms with Gasteiger partial charge in [0.2, 0.25) is 23.6 Å². The van der Waals surface area contributed by atoms with Gasteiger partial charge in [0.05, 0.1) is 13.2 Å². The van der Waals surface area contributed by atoms with Crippen LogP contribution in [0.25, 0.3) is 0 Å². The van der Waals surface area contributed by atoms with Crippen molar-refractivity contribution in [1.82, 2.24) is 30.8 Å². The lowest BCUT2D eigenvalue weighted by Crippen LogP contribution is -2.66. The minimum absolute atomic E-state index is 0.00343. The third-order valence-corrected chi connectivity index (χ3v) is 12.8. The quantitative estimate of drug-likeness (QED) is 0.0365. The first kappa shape index (κ1) is 59.2. The van der Waals surface area contributed by atoms with E-state index in [0.29, 0.717) is 4.57 Å². The Bertz CT molecular complexity index is 2270. The van der Waals surface area contributed by atoms with Crippen molar-refractivity contribution in [3.8, 4) is 0 Å². The van der Waals surface area contributed by atoms with Gasteiger partial charge in [-0.15, -0.1) is 0 Å². The third-order valence-electron chi connectivity index (χ3n) is 10.2. The summed E-state index contributed by atoms with van der Waals surface area (Å²) in [6.07, 6.45) is -17.6. The number of nitrogens with zero attached hydrogens (tertiary/aromatic N) is 1. The van der Waals surface area contributed by atoms with Crippen molar-refractivity contribution in [2.75, 3.05) is 13.2 Å². The van der Waals surface area contributed by atoms with Crippen LogP contribution in [0.5, 0.6) is 0 Å². The Kier molecular flexibility index (Phi) is 21.9. The fourth-order valence-electron chi connectivity index (χ4n) is 6.62. The van der Waals surface area contributed by atoms with Gasteiger partial charge >= 0.3 is 39.2 Å². The minimum Gasteiger partial charge on any atom is -0.480 e. The van der Waals surface area contributed by atoms with Crippen LogP contribution in [0.15, 0.2) is 21.9 Å². The second-order valence-electron chi connectivity index (χ2n) is 15.7. The number of nitrogens with two attached hydrogens (primary N) is 1. The maximum absolute atomic E-state index is 13.2. The van der Waals surface area contributed by atoms with Crippen molar-refractivity contribution >= 4 is 57.2 Å². The molecule has 35 heteroatoms. The van der Waals surface area contributed by atoms with Gasteiger partial charge in [0.1, 0.15) is 72.9 Å². The van der Waals surface area contributed by atoms with Gasteiger partial charge < -0.3 is 86.7 Å². The molecule has 2 aliphatic rings. The summed E-state index contributed by atoms with van der Waals surface area (Å²) in [6, 6.07) is -7.11. The monoisotopic (exact) mass is 1050 g/mol. The fourth-order valence-corrected chi connectivity index (χ4v) is 8.78. The van der Waals surface area contributed by atoms with Gasteiger partial charge in [0.25, 0.3) is 5.56 Å². The third kappa shape index (κ3) is 17.3. The number of carbonyl (C=O) groups excluding carboxylic acids is 4. The Morgan fingerprint density at radius 2 is 1.47 bits per heavy atom. The number of nitrogens with one attached hydrogen (secondary N) is 5. The highest BCUT2D eigenvalue weighted by Gasteiger charge is 2.52. The molecule has 3 heterocycles. The number of phosphoric ester groups is 2. The van der Waals surface area contributed by atoms with E-state index < -0.39 is 180 Å². The smallest absolute Gasteiger partial charge is 0.480 e. The highest BCUT2D eigenvalue weighted by Crippen LogP contribution is 2.61. The predicted molar refractivity (Wildman–Crippen MR) is 224 cm³/mol. The topological polar surface area (TPSA) is 520 Å². The predicted octanol–water partition coefficient (Wildman–Crippen LogP) is -6.23. The van der Waals surface area contributed by atoms with Crippen LogP contribution in [-0.4, -0.2) is 189 Å². The van der Waals surface area contributed by atoms with Crippen molar-refractivity contribution < 1.29 is 116 Å². The number of carboxylic acids is 3. The number of rotatable bonds is 27. The number of H-pyrrole nitrogens is 1. The Balaban J connectivity index is 1.64. The zero-order valence-corrected chi connectivity index (χ0v) is 38.9. The number of hydrogen-bond donors (Lipinski definition) is 15. The fraction of sp³-hybridized carbons (Fsp3) is 0.686. The maximum Gasteiger partial charge on any atom is 0.483 e. The van der Waals surface area contributed by atoms with Gasteiger partial charge in [0.15, 0.2) is 12.5 Å². The second-order valence-corrected chi connectivity index (χ2v) is 18.7. The molecule has 0 saturated carbocycles.